The zero-order chi connectivity index (χ0) is 17.5. The second kappa shape index (κ2) is 8.78. The molecule has 1 aromatic rings. The molecule has 1 aromatic carbocycles. The maximum atomic E-state index is 12.8. The molecular formula is C18H26FN3O2. The largest absolute Gasteiger partial charge is 0.350 e. The number of benzene rings is 1. The Morgan fingerprint density at radius 2 is 2.00 bits per heavy atom. The normalized spacial score (nSPS) is 20.0. The van der Waals surface area contributed by atoms with Gasteiger partial charge in [-0.1, -0.05) is 18.6 Å². The van der Waals surface area contributed by atoms with Gasteiger partial charge >= 0.3 is 0 Å². The van der Waals surface area contributed by atoms with Crippen LogP contribution in [0.25, 0.3) is 0 Å². The van der Waals surface area contributed by atoms with Gasteiger partial charge in [-0.25, -0.2) is 4.39 Å². The first-order valence-electron chi connectivity index (χ1n) is 8.54. The summed E-state index contributed by atoms with van der Waals surface area (Å²) in [7, 11) is 0. The summed E-state index contributed by atoms with van der Waals surface area (Å²) in [6.45, 7) is 2.71. The molecule has 0 radical (unpaired) electrons. The summed E-state index contributed by atoms with van der Waals surface area (Å²) in [6.07, 6.45) is 3.45. The minimum Gasteiger partial charge on any atom is -0.350 e. The SMILES string of the molecule is CCN(CC(=O)NCc1ccc(F)cc1)C(=O)C[C@@H]1CCC[C@H]1N. The summed E-state index contributed by atoms with van der Waals surface area (Å²) in [5.74, 6) is -0.311. The summed E-state index contributed by atoms with van der Waals surface area (Å²) in [4.78, 5) is 26.0. The van der Waals surface area contributed by atoms with Gasteiger partial charge in [0.1, 0.15) is 5.82 Å². The first kappa shape index (κ1) is 18.4. The number of nitrogens with one attached hydrogen (secondary N) is 1. The van der Waals surface area contributed by atoms with Crippen molar-refractivity contribution >= 4 is 11.8 Å². The van der Waals surface area contributed by atoms with E-state index < -0.39 is 0 Å². The van der Waals surface area contributed by atoms with Crippen molar-refractivity contribution in [3.63, 3.8) is 0 Å². The van der Waals surface area contributed by atoms with E-state index in [4.69, 9.17) is 5.73 Å². The first-order valence-corrected chi connectivity index (χ1v) is 8.54. The Balaban J connectivity index is 1.79. The van der Waals surface area contributed by atoms with E-state index in [0.717, 1.165) is 24.8 Å². The van der Waals surface area contributed by atoms with Gasteiger partial charge in [0.05, 0.1) is 6.54 Å². The van der Waals surface area contributed by atoms with E-state index in [0.29, 0.717) is 19.5 Å². The second-order valence-corrected chi connectivity index (χ2v) is 6.37. The summed E-state index contributed by atoms with van der Waals surface area (Å²) in [6, 6.07) is 6.06. The highest BCUT2D eigenvalue weighted by atomic mass is 19.1. The molecule has 0 bridgehead atoms. The number of nitrogens with two attached hydrogens (primary N) is 1. The van der Waals surface area contributed by atoms with Crippen molar-refractivity contribution in [2.45, 2.75) is 45.2 Å². The third kappa shape index (κ3) is 5.30. The first-order chi connectivity index (χ1) is 11.5. The Labute approximate surface area is 142 Å². The van der Waals surface area contributed by atoms with Gasteiger partial charge in [-0.3, -0.25) is 9.59 Å². The molecule has 5 nitrogen and oxygen atoms in total. The van der Waals surface area contributed by atoms with Crippen LogP contribution in [0.15, 0.2) is 24.3 Å². The van der Waals surface area contributed by atoms with Crippen LogP contribution < -0.4 is 11.1 Å². The summed E-state index contributed by atoms with van der Waals surface area (Å²) >= 11 is 0. The summed E-state index contributed by atoms with van der Waals surface area (Å²) in [5.41, 5.74) is 6.83. The number of rotatable bonds is 7. The van der Waals surface area contributed by atoms with Gasteiger partial charge < -0.3 is 16.0 Å². The molecule has 0 aliphatic heterocycles. The van der Waals surface area contributed by atoms with E-state index in [1.165, 1.54) is 12.1 Å². The van der Waals surface area contributed by atoms with Crippen molar-refractivity contribution in [2.24, 2.45) is 11.7 Å². The summed E-state index contributed by atoms with van der Waals surface area (Å²) < 4.78 is 12.8. The van der Waals surface area contributed by atoms with E-state index in [1.54, 1.807) is 17.0 Å². The number of hydrogen-bond donors (Lipinski definition) is 2. The molecule has 1 saturated carbocycles. The molecule has 0 saturated heterocycles. The van der Waals surface area contributed by atoms with Crippen molar-refractivity contribution in [3.8, 4) is 0 Å². The topological polar surface area (TPSA) is 75.4 Å². The number of halogens is 1. The van der Waals surface area contributed by atoms with Gasteiger partial charge in [0.25, 0.3) is 0 Å². The number of hydrogen-bond acceptors (Lipinski definition) is 3. The van der Waals surface area contributed by atoms with Gasteiger partial charge in [-0.2, -0.15) is 0 Å². The van der Waals surface area contributed by atoms with Crippen LogP contribution in [0.4, 0.5) is 4.39 Å². The Hall–Kier alpha value is -1.95. The van der Waals surface area contributed by atoms with Crippen LogP contribution in [0.2, 0.25) is 0 Å². The average Bonchev–Trinajstić information content (AvgIpc) is 2.97. The number of carbonyl (C=O) groups excluding carboxylic acids is 2. The molecule has 0 aromatic heterocycles. The molecule has 1 fully saturated rings. The fourth-order valence-electron chi connectivity index (χ4n) is 3.08. The zero-order valence-electron chi connectivity index (χ0n) is 14.1. The Kier molecular flexibility index (Phi) is 6.73. The quantitative estimate of drug-likeness (QED) is 0.798. The van der Waals surface area contributed by atoms with Crippen LogP contribution in [0, 0.1) is 11.7 Å². The van der Waals surface area contributed by atoms with Crippen LogP contribution >= 0.6 is 0 Å². The Morgan fingerprint density at radius 1 is 1.29 bits per heavy atom. The zero-order valence-corrected chi connectivity index (χ0v) is 14.1. The molecule has 24 heavy (non-hydrogen) atoms. The van der Waals surface area contributed by atoms with E-state index in [2.05, 4.69) is 5.32 Å². The van der Waals surface area contributed by atoms with E-state index >= 15 is 0 Å². The molecule has 1 aliphatic rings. The predicted molar refractivity (Wildman–Crippen MR) is 90.4 cm³/mol. The minimum atomic E-state index is -0.307. The number of nitrogens with zero attached hydrogens (tertiary/aromatic N) is 1. The van der Waals surface area contributed by atoms with Gasteiger partial charge in [-0.05, 0) is 43.4 Å². The molecule has 2 amide bonds. The van der Waals surface area contributed by atoms with Crippen LogP contribution in [-0.4, -0.2) is 35.8 Å². The van der Waals surface area contributed by atoms with E-state index in [1.807, 2.05) is 6.92 Å². The Bertz CT molecular complexity index is 562. The lowest BCUT2D eigenvalue weighted by molar-refractivity contribution is -0.136. The number of amides is 2. The lowest BCUT2D eigenvalue weighted by Crippen LogP contribution is -2.41. The van der Waals surface area contributed by atoms with E-state index in [-0.39, 0.29) is 36.1 Å². The lowest BCUT2D eigenvalue weighted by atomic mass is 9.99. The molecule has 3 N–H and O–H groups in total. The van der Waals surface area contributed by atoms with Crippen LogP contribution in [0.3, 0.4) is 0 Å². The molecule has 132 valence electrons. The van der Waals surface area contributed by atoms with Crippen molar-refractivity contribution in [1.82, 2.24) is 10.2 Å². The molecule has 0 heterocycles. The smallest absolute Gasteiger partial charge is 0.239 e. The number of carbonyl (C=O) groups is 2. The van der Waals surface area contributed by atoms with Crippen molar-refractivity contribution in [2.75, 3.05) is 13.1 Å². The van der Waals surface area contributed by atoms with Gasteiger partial charge in [0.15, 0.2) is 0 Å². The van der Waals surface area contributed by atoms with Crippen molar-refractivity contribution in [1.29, 1.82) is 0 Å². The Morgan fingerprint density at radius 3 is 2.58 bits per heavy atom. The molecule has 1 aliphatic carbocycles. The van der Waals surface area contributed by atoms with Crippen LogP contribution in [0.1, 0.15) is 38.2 Å². The number of likely N-dealkylation sites (N-methyl/N-ethyl adjacent to an activating group) is 1. The molecule has 2 atom stereocenters. The average molecular weight is 335 g/mol. The molecular weight excluding hydrogens is 309 g/mol. The second-order valence-electron chi connectivity index (χ2n) is 6.37. The molecule has 0 spiro atoms. The highest BCUT2D eigenvalue weighted by Crippen LogP contribution is 2.27. The fourth-order valence-corrected chi connectivity index (χ4v) is 3.08. The predicted octanol–water partition coefficient (Wildman–Crippen LogP) is 1.81. The third-order valence-corrected chi connectivity index (χ3v) is 4.63. The molecule has 2 rings (SSSR count). The minimum absolute atomic E-state index is 0.0169. The third-order valence-electron chi connectivity index (χ3n) is 4.63. The highest BCUT2D eigenvalue weighted by molar-refractivity contribution is 5.84. The fraction of sp³-hybridized carbons (Fsp3) is 0.556. The van der Waals surface area contributed by atoms with Crippen molar-refractivity contribution in [3.05, 3.63) is 35.6 Å². The standard InChI is InChI=1S/C18H26FN3O2/c1-2-22(18(24)10-14-4-3-5-16(14)20)12-17(23)21-11-13-6-8-15(19)9-7-13/h6-9,14,16H,2-5,10-12,20H2,1H3,(H,21,23)/t14-,16+/m0/s1. The molecule has 6 heteroatoms. The van der Waals surface area contributed by atoms with E-state index in [9.17, 15) is 14.0 Å². The lowest BCUT2D eigenvalue weighted by Gasteiger charge is -2.23. The van der Waals surface area contributed by atoms with Crippen molar-refractivity contribution < 1.29 is 14.0 Å². The van der Waals surface area contributed by atoms with Gasteiger partial charge in [-0.15, -0.1) is 0 Å². The molecule has 0 unspecified atom stereocenters. The van der Waals surface area contributed by atoms with Gasteiger partial charge in [0, 0.05) is 25.6 Å². The summed E-state index contributed by atoms with van der Waals surface area (Å²) in [5, 5.41) is 2.76. The highest BCUT2D eigenvalue weighted by Gasteiger charge is 2.28. The van der Waals surface area contributed by atoms with Gasteiger partial charge in [0.2, 0.25) is 11.8 Å². The maximum Gasteiger partial charge on any atom is 0.239 e. The van der Waals surface area contributed by atoms with Crippen LogP contribution in [0.5, 0.6) is 0 Å². The van der Waals surface area contributed by atoms with Crippen LogP contribution in [-0.2, 0) is 16.1 Å². The maximum absolute atomic E-state index is 12.8. The monoisotopic (exact) mass is 335 g/mol.